The molecule has 32 heavy (non-hydrogen) atoms. The summed E-state index contributed by atoms with van der Waals surface area (Å²) in [5.74, 6) is 1.21. The summed E-state index contributed by atoms with van der Waals surface area (Å²) in [6.07, 6.45) is 3.30. The second kappa shape index (κ2) is 8.97. The Morgan fingerprint density at radius 2 is 2.06 bits per heavy atom. The first-order valence-corrected chi connectivity index (χ1v) is 11.9. The lowest BCUT2D eigenvalue weighted by Crippen LogP contribution is -2.31. The van der Waals surface area contributed by atoms with Crippen molar-refractivity contribution in [1.82, 2.24) is 19.7 Å². The number of nitrogens with zero attached hydrogens (tertiary/aromatic N) is 4. The van der Waals surface area contributed by atoms with Crippen LogP contribution >= 0.6 is 23.1 Å². The number of thioether (sulfide) groups is 1. The van der Waals surface area contributed by atoms with Crippen molar-refractivity contribution in [1.29, 1.82) is 0 Å². The van der Waals surface area contributed by atoms with E-state index in [9.17, 15) is 4.79 Å². The predicted octanol–water partition coefficient (Wildman–Crippen LogP) is 4.95. The number of carbonyl (C=O) groups excluding carboxylic acids is 1. The van der Waals surface area contributed by atoms with Gasteiger partial charge in [0.1, 0.15) is 6.04 Å². The quantitative estimate of drug-likeness (QED) is 0.396. The van der Waals surface area contributed by atoms with Crippen LogP contribution in [0, 0.1) is 0 Å². The van der Waals surface area contributed by atoms with Gasteiger partial charge in [-0.25, -0.2) is 4.68 Å². The molecule has 0 spiro atoms. The molecule has 0 radical (unpaired) electrons. The number of rotatable bonds is 6. The van der Waals surface area contributed by atoms with Crippen LogP contribution in [0.2, 0.25) is 0 Å². The SMILES string of the molecule is CC1=C(C(=O)Nc2cccnc2)C(c2cccs2)n2nc(SCc3ccccc3)nc2N1. The van der Waals surface area contributed by atoms with E-state index in [0.29, 0.717) is 22.4 Å². The topological polar surface area (TPSA) is 84.7 Å². The fourth-order valence-electron chi connectivity index (χ4n) is 3.55. The van der Waals surface area contributed by atoms with E-state index in [1.165, 1.54) is 5.56 Å². The van der Waals surface area contributed by atoms with Gasteiger partial charge in [0, 0.05) is 22.5 Å². The number of hydrogen-bond acceptors (Lipinski definition) is 7. The molecule has 3 aromatic heterocycles. The van der Waals surface area contributed by atoms with E-state index in [1.54, 1.807) is 41.6 Å². The Bertz CT molecular complexity index is 1250. The van der Waals surface area contributed by atoms with Gasteiger partial charge in [-0.05, 0) is 36.1 Å². The Morgan fingerprint density at radius 3 is 2.81 bits per heavy atom. The maximum Gasteiger partial charge on any atom is 0.255 e. The summed E-state index contributed by atoms with van der Waals surface area (Å²) >= 11 is 3.17. The van der Waals surface area contributed by atoms with Gasteiger partial charge in [-0.3, -0.25) is 9.78 Å². The minimum atomic E-state index is -0.360. The van der Waals surface area contributed by atoms with Gasteiger partial charge in [0.15, 0.2) is 0 Å². The van der Waals surface area contributed by atoms with Gasteiger partial charge < -0.3 is 10.6 Å². The second-order valence-electron chi connectivity index (χ2n) is 7.21. The van der Waals surface area contributed by atoms with Crippen LogP contribution in [0.5, 0.6) is 0 Å². The van der Waals surface area contributed by atoms with Gasteiger partial charge >= 0.3 is 0 Å². The lowest BCUT2D eigenvalue weighted by Gasteiger charge is -2.27. The molecule has 1 aliphatic rings. The molecule has 0 bridgehead atoms. The van der Waals surface area contributed by atoms with Crippen molar-refractivity contribution in [3.05, 3.63) is 94.1 Å². The summed E-state index contributed by atoms with van der Waals surface area (Å²) in [5, 5.41) is 13.7. The van der Waals surface area contributed by atoms with E-state index in [2.05, 4.69) is 32.7 Å². The molecular formula is C23H20N6OS2. The van der Waals surface area contributed by atoms with Gasteiger partial charge in [-0.2, -0.15) is 4.98 Å². The number of thiophene rings is 1. The Hall–Kier alpha value is -3.43. The smallest absolute Gasteiger partial charge is 0.255 e. The molecule has 9 heteroatoms. The molecule has 4 heterocycles. The lowest BCUT2D eigenvalue weighted by atomic mass is 10.0. The summed E-state index contributed by atoms with van der Waals surface area (Å²) in [4.78, 5) is 23.1. The zero-order valence-corrected chi connectivity index (χ0v) is 18.9. The number of amides is 1. The van der Waals surface area contributed by atoms with E-state index in [0.717, 1.165) is 16.3 Å². The Kier molecular flexibility index (Phi) is 5.74. The molecule has 1 atom stereocenters. The molecule has 0 fully saturated rings. The maximum absolute atomic E-state index is 13.3. The number of aromatic nitrogens is 4. The Morgan fingerprint density at radius 1 is 1.19 bits per heavy atom. The summed E-state index contributed by atoms with van der Waals surface area (Å²) in [6.45, 7) is 1.90. The van der Waals surface area contributed by atoms with Crippen molar-refractivity contribution in [2.45, 2.75) is 23.9 Å². The fraction of sp³-hybridized carbons (Fsp3) is 0.130. The summed E-state index contributed by atoms with van der Waals surface area (Å²) < 4.78 is 1.81. The highest BCUT2D eigenvalue weighted by atomic mass is 32.2. The molecule has 1 unspecified atom stereocenters. The van der Waals surface area contributed by atoms with Crippen molar-refractivity contribution < 1.29 is 4.79 Å². The summed E-state index contributed by atoms with van der Waals surface area (Å²) in [7, 11) is 0. The first kappa shape index (κ1) is 20.5. The van der Waals surface area contributed by atoms with Crippen LogP contribution in [-0.4, -0.2) is 25.7 Å². The van der Waals surface area contributed by atoms with Gasteiger partial charge in [0.25, 0.3) is 5.91 Å². The van der Waals surface area contributed by atoms with E-state index < -0.39 is 0 Å². The van der Waals surface area contributed by atoms with Gasteiger partial charge in [-0.15, -0.1) is 16.4 Å². The molecule has 0 saturated heterocycles. The van der Waals surface area contributed by atoms with E-state index in [-0.39, 0.29) is 11.9 Å². The van der Waals surface area contributed by atoms with Crippen molar-refractivity contribution in [3.8, 4) is 0 Å². The van der Waals surface area contributed by atoms with E-state index in [4.69, 9.17) is 5.10 Å². The van der Waals surface area contributed by atoms with Crippen LogP contribution in [0.4, 0.5) is 11.6 Å². The third-order valence-electron chi connectivity index (χ3n) is 5.02. The average molecular weight is 461 g/mol. The van der Waals surface area contributed by atoms with Crippen molar-refractivity contribution >= 4 is 40.6 Å². The highest BCUT2D eigenvalue weighted by Gasteiger charge is 2.35. The molecule has 0 aliphatic carbocycles. The monoisotopic (exact) mass is 460 g/mol. The van der Waals surface area contributed by atoms with E-state index >= 15 is 0 Å². The number of allylic oxidation sites excluding steroid dienone is 1. The predicted molar refractivity (Wildman–Crippen MR) is 128 cm³/mol. The summed E-state index contributed by atoms with van der Waals surface area (Å²) in [6, 6.07) is 17.5. The van der Waals surface area contributed by atoms with Crippen LogP contribution in [-0.2, 0) is 10.5 Å². The van der Waals surface area contributed by atoms with Gasteiger partial charge in [-0.1, -0.05) is 48.2 Å². The van der Waals surface area contributed by atoms with Gasteiger partial charge in [0.05, 0.1) is 17.5 Å². The Balaban J connectivity index is 1.46. The molecule has 7 nitrogen and oxygen atoms in total. The normalized spacial score (nSPS) is 15.2. The van der Waals surface area contributed by atoms with Crippen LogP contribution in [0.25, 0.3) is 0 Å². The molecule has 1 aliphatic heterocycles. The number of pyridine rings is 1. The molecule has 160 valence electrons. The number of nitrogens with one attached hydrogen (secondary N) is 2. The molecule has 0 saturated carbocycles. The largest absolute Gasteiger partial charge is 0.328 e. The first-order chi connectivity index (χ1) is 15.7. The second-order valence-corrected chi connectivity index (χ2v) is 9.14. The lowest BCUT2D eigenvalue weighted by molar-refractivity contribution is -0.113. The van der Waals surface area contributed by atoms with Crippen LogP contribution in [0.3, 0.4) is 0 Å². The third kappa shape index (κ3) is 4.17. The maximum atomic E-state index is 13.3. The average Bonchev–Trinajstić information content (AvgIpc) is 3.48. The van der Waals surface area contributed by atoms with Crippen molar-refractivity contribution in [2.75, 3.05) is 10.6 Å². The molecule has 1 aromatic carbocycles. The van der Waals surface area contributed by atoms with Crippen LogP contribution < -0.4 is 10.6 Å². The molecule has 4 aromatic rings. The van der Waals surface area contributed by atoms with E-state index in [1.807, 2.05) is 53.4 Å². The zero-order chi connectivity index (χ0) is 21.9. The summed E-state index contributed by atoms with van der Waals surface area (Å²) in [5.41, 5.74) is 3.21. The third-order valence-corrected chi connectivity index (χ3v) is 6.85. The minimum Gasteiger partial charge on any atom is -0.328 e. The van der Waals surface area contributed by atoms with Crippen molar-refractivity contribution in [3.63, 3.8) is 0 Å². The Labute approximate surface area is 193 Å². The minimum absolute atomic E-state index is 0.193. The highest BCUT2D eigenvalue weighted by molar-refractivity contribution is 7.98. The first-order valence-electron chi connectivity index (χ1n) is 10.0. The number of carbonyl (C=O) groups is 1. The number of benzene rings is 1. The fourth-order valence-corrected chi connectivity index (χ4v) is 5.16. The molecular weight excluding hydrogens is 440 g/mol. The zero-order valence-electron chi connectivity index (χ0n) is 17.2. The molecule has 5 rings (SSSR count). The molecule has 1 amide bonds. The van der Waals surface area contributed by atoms with Crippen LogP contribution in [0.15, 0.2) is 88.8 Å². The number of anilines is 2. The molecule has 2 N–H and O–H groups in total. The highest BCUT2D eigenvalue weighted by Crippen LogP contribution is 2.38. The standard InChI is InChI=1S/C23H20N6OS2/c1-15-19(21(30)26-17-9-5-11-24-13-17)20(18-10-6-12-31-18)29-22(25-15)27-23(28-29)32-14-16-7-3-2-4-8-16/h2-13,20H,14H2,1H3,(H,26,30)(H,25,27,28). The number of hydrogen-bond donors (Lipinski definition) is 2. The van der Waals surface area contributed by atoms with Crippen LogP contribution in [0.1, 0.15) is 23.4 Å². The van der Waals surface area contributed by atoms with Crippen molar-refractivity contribution in [2.24, 2.45) is 0 Å². The van der Waals surface area contributed by atoms with Gasteiger partial charge in [0.2, 0.25) is 11.1 Å². The number of fused-ring (bicyclic) bond motifs is 1.